The Bertz CT molecular complexity index is 512. The van der Waals surface area contributed by atoms with Gasteiger partial charge in [0.05, 0.1) is 11.8 Å². The van der Waals surface area contributed by atoms with Gasteiger partial charge in [-0.15, -0.1) is 0 Å². The van der Waals surface area contributed by atoms with Gasteiger partial charge in [-0.3, -0.25) is 9.59 Å². The number of ether oxygens (including phenoxy) is 2. The van der Waals surface area contributed by atoms with Crippen LogP contribution in [-0.2, 0) is 19.1 Å². The molecule has 4 heteroatoms. The highest BCUT2D eigenvalue weighted by atomic mass is 16.6. The number of fused-ring (bicyclic) bond motifs is 1. The van der Waals surface area contributed by atoms with E-state index in [0.29, 0.717) is 11.8 Å². The summed E-state index contributed by atoms with van der Waals surface area (Å²) in [6.07, 6.45) is 13.1. The maximum Gasteiger partial charge on any atom is 0.309 e. The van der Waals surface area contributed by atoms with Crippen LogP contribution in [0.5, 0.6) is 0 Å². The minimum atomic E-state index is -0.191. The van der Waals surface area contributed by atoms with Crippen molar-refractivity contribution in [3.8, 4) is 0 Å². The van der Waals surface area contributed by atoms with Crippen molar-refractivity contribution in [2.24, 2.45) is 23.7 Å². The van der Waals surface area contributed by atoms with Crippen LogP contribution in [0.25, 0.3) is 0 Å². The van der Waals surface area contributed by atoms with E-state index in [0.717, 1.165) is 51.4 Å². The summed E-state index contributed by atoms with van der Waals surface area (Å²) in [6.45, 7) is 4.29. The summed E-state index contributed by atoms with van der Waals surface area (Å²) >= 11 is 0. The van der Waals surface area contributed by atoms with Gasteiger partial charge in [0, 0.05) is 11.8 Å². The molecule has 0 spiro atoms. The van der Waals surface area contributed by atoms with Crippen LogP contribution in [0, 0.1) is 23.7 Å². The molecule has 3 rings (SSSR count). The van der Waals surface area contributed by atoms with Crippen molar-refractivity contribution in [1.82, 2.24) is 0 Å². The molecule has 6 atom stereocenters. The maximum absolute atomic E-state index is 12.7. The van der Waals surface area contributed by atoms with E-state index in [1.54, 1.807) is 0 Å². The van der Waals surface area contributed by atoms with E-state index < -0.39 is 0 Å². The van der Waals surface area contributed by atoms with E-state index >= 15 is 0 Å². The number of hydrogen-bond acceptors (Lipinski definition) is 4. The van der Waals surface area contributed by atoms with Gasteiger partial charge in [-0.2, -0.15) is 0 Å². The van der Waals surface area contributed by atoms with Crippen molar-refractivity contribution < 1.29 is 19.1 Å². The molecule has 3 aliphatic rings. The highest BCUT2D eigenvalue weighted by molar-refractivity contribution is 5.77. The molecule has 1 saturated heterocycles. The topological polar surface area (TPSA) is 52.6 Å². The molecular weight excluding hydrogens is 316 g/mol. The van der Waals surface area contributed by atoms with Gasteiger partial charge in [0.25, 0.3) is 0 Å². The van der Waals surface area contributed by atoms with Crippen LogP contribution >= 0.6 is 0 Å². The number of hydrogen-bond donors (Lipinski definition) is 0. The molecule has 140 valence electrons. The summed E-state index contributed by atoms with van der Waals surface area (Å²) in [5.41, 5.74) is 0. The van der Waals surface area contributed by atoms with E-state index in [-0.39, 0.29) is 36.0 Å². The van der Waals surface area contributed by atoms with Gasteiger partial charge >= 0.3 is 11.9 Å². The summed E-state index contributed by atoms with van der Waals surface area (Å²) in [5, 5.41) is 0. The average Bonchev–Trinajstić information content (AvgIpc) is 3.22. The normalized spacial score (nSPS) is 33.8. The molecule has 2 aliphatic carbocycles. The third-order valence-electron chi connectivity index (χ3n) is 6.18. The van der Waals surface area contributed by atoms with Gasteiger partial charge in [-0.25, -0.2) is 0 Å². The first-order valence-corrected chi connectivity index (χ1v) is 10.2. The molecule has 2 bridgehead atoms. The van der Waals surface area contributed by atoms with Gasteiger partial charge in [0.1, 0.15) is 12.2 Å². The standard InChI is InChI=1S/C21H32O4/c1-3-5-6-7-8-9-11-14(10-4-2)20(22)24-18-15-12-16-17(13-15)21(23)25-19(16)18/h6-7,14-19H,3-5,8-13H2,1-2H3. The fraction of sp³-hybridized carbons (Fsp3) is 0.810. The second kappa shape index (κ2) is 8.37. The van der Waals surface area contributed by atoms with Crippen molar-refractivity contribution >= 4 is 11.9 Å². The van der Waals surface area contributed by atoms with Crippen molar-refractivity contribution in [2.45, 2.75) is 83.8 Å². The molecule has 3 fully saturated rings. The fourth-order valence-electron chi connectivity index (χ4n) is 4.91. The fourth-order valence-corrected chi connectivity index (χ4v) is 4.91. The van der Waals surface area contributed by atoms with Gasteiger partial charge in [-0.05, 0) is 44.9 Å². The Morgan fingerprint density at radius 2 is 2.00 bits per heavy atom. The average molecular weight is 348 g/mol. The Labute approximate surface area is 151 Å². The minimum Gasteiger partial charge on any atom is -0.458 e. The van der Waals surface area contributed by atoms with E-state index in [9.17, 15) is 9.59 Å². The molecule has 0 radical (unpaired) electrons. The lowest BCUT2D eigenvalue weighted by Gasteiger charge is -2.27. The van der Waals surface area contributed by atoms with E-state index in [1.165, 1.54) is 6.42 Å². The third-order valence-corrected chi connectivity index (χ3v) is 6.18. The zero-order valence-corrected chi connectivity index (χ0v) is 15.6. The lowest BCUT2D eigenvalue weighted by Crippen LogP contribution is -2.37. The number of rotatable bonds is 10. The highest BCUT2D eigenvalue weighted by Gasteiger charge is 2.63. The summed E-state index contributed by atoms with van der Waals surface area (Å²) in [7, 11) is 0. The quantitative estimate of drug-likeness (QED) is 0.333. The number of unbranched alkanes of at least 4 members (excludes halogenated alkanes) is 2. The van der Waals surface area contributed by atoms with Crippen LogP contribution in [-0.4, -0.2) is 24.1 Å². The van der Waals surface area contributed by atoms with E-state index in [2.05, 4.69) is 26.0 Å². The van der Waals surface area contributed by atoms with Gasteiger partial charge < -0.3 is 9.47 Å². The SMILES string of the molecule is CCCC=CCCCC(CCC)C(=O)OC1C2CC3C(=O)OC1C3C2. The Balaban J connectivity index is 1.49. The minimum absolute atomic E-state index is 0.0170. The molecule has 6 unspecified atom stereocenters. The molecule has 4 nitrogen and oxygen atoms in total. The smallest absolute Gasteiger partial charge is 0.309 e. The zero-order chi connectivity index (χ0) is 17.8. The predicted octanol–water partition coefficient (Wildman–Crippen LogP) is 4.42. The molecule has 25 heavy (non-hydrogen) atoms. The van der Waals surface area contributed by atoms with Crippen molar-refractivity contribution in [3.63, 3.8) is 0 Å². The first kappa shape index (κ1) is 18.5. The molecule has 1 heterocycles. The molecular formula is C21H32O4. The second-order valence-corrected chi connectivity index (χ2v) is 7.98. The number of carbonyl (C=O) groups is 2. The van der Waals surface area contributed by atoms with E-state index in [4.69, 9.17) is 9.47 Å². The molecule has 0 aromatic heterocycles. The van der Waals surface area contributed by atoms with Crippen molar-refractivity contribution in [3.05, 3.63) is 12.2 Å². The van der Waals surface area contributed by atoms with Crippen molar-refractivity contribution in [2.75, 3.05) is 0 Å². The lowest BCUT2D eigenvalue weighted by molar-refractivity contribution is -0.166. The molecule has 2 saturated carbocycles. The summed E-state index contributed by atoms with van der Waals surface area (Å²) in [4.78, 5) is 24.5. The number of esters is 2. The lowest BCUT2D eigenvalue weighted by atomic mass is 9.88. The van der Waals surface area contributed by atoms with Crippen LogP contribution in [0.4, 0.5) is 0 Å². The third kappa shape index (κ3) is 3.93. The molecule has 0 N–H and O–H groups in total. The molecule has 0 amide bonds. The Morgan fingerprint density at radius 3 is 2.76 bits per heavy atom. The number of allylic oxidation sites excluding steroid dienone is 2. The molecule has 0 aromatic rings. The van der Waals surface area contributed by atoms with Crippen LogP contribution < -0.4 is 0 Å². The molecule has 1 aliphatic heterocycles. The first-order valence-electron chi connectivity index (χ1n) is 10.2. The number of carbonyl (C=O) groups excluding carboxylic acids is 2. The van der Waals surface area contributed by atoms with Crippen LogP contribution in [0.2, 0.25) is 0 Å². The first-order chi connectivity index (χ1) is 12.2. The zero-order valence-electron chi connectivity index (χ0n) is 15.6. The monoisotopic (exact) mass is 348 g/mol. The summed E-state index contributed by atoms with van der Waals surface area (Å²) in [6, 6.07) is 0. The van der Waals surface area contributed by atoms with Gasteiger partial charge in [0.2, 0.25) is 0 Å². The van der Waals surface area contributed by atoms with E-state index in [1.807, 2.05) is 0 Å². The summed E-state index contributed by atoms with van der Waals surface area (Å²) < 4.78 is 11.4. The highest BCUT2D eigenvalue weighted by Crippen LogP contribution is 2.55. The van der Waals surface area contributed by atoms with Crippen LogP contribution in [0.1, 0.15) is 71.6 Å². The Kier molecular flexibility index (Phi) is 6.19. The second-order valence-electron chi connectivity index (χ2n) is 7.98. The van der Waals surface area contributed by atoms with Gasteiger partial charge in [-0.1, -0.05) is 38.8 Å². The summed E-state index contributed by atoms with van der Waals surface area (Å²) in [5.74, 6) is 0.539. The Hall–Kier alpha value is -1.32. The maximum atomic E-state index is 12.7. The van der Waals surface area contributed by atoms with Gasteiger partial charge in [0.15, 0.2) is 0 Å². The van der Waals surface area contributed by atoms with Crippen LogP contribution in [0.3, 0.4) is 0 Å². The van der Waals surface area contributed by atoms with Crippen LogP contribution in [0.15, 0.2) is 12.2 Å². The Morgan fingerprint density at radius 1 is 1.20 bits per heavy atom. The molecule has 0 aromatic carbocycles. The van der Waals surface area contributed by atoms with Crippen molar-refractivity contribution in [1.29, 1.82) is 0 Å². The largest absolute Gasteiger partial charge is 0.458 e. The predicted molar refractivity (Wildman–Crippen MR) is 95.8 cm³/mol.